The van der Waals surface area contributed by atoms with Gasteiger partial charge in [0.2, 0.25) is 10.0 Å². The number of hydrogen-bond donors (Lipinski definition) is 1. The zero-order chi connectivity index (χ0) is 16.3. The molecule has 2 fully saturated rings. The summed E-state index contributed by atoms with van der Waals surface area (Å²) in [4.78, 5) is 2.39. The van der Waals surface area contributed by atoms with Crippen molar-refractivity contribution in [3.8, 4) is 6.07 Å². The summed E-state index contributed by atoms with van der Waals surface area (Å²) in [7, 11) is -3.33. The highest BCUT2D eigenvalue weighted by molar-refractivity contribution is 7.88. The Bertz CT molecular complexity index is 684. The van der Waals surface area contributed by atoms with E-state index >= 15 is 0 Å². The van der Waals surface area contributed by atoms with Crippen molar-refractivity contribution in [3.05, 3.63) is 35.4 Å². The number of nitrogens with zero attached hydrogens (tertiary/aromatic N) is 3. The van der Waals surface area contributed by atoms with Crippen LogP contribution in [-0.4, -0.2) is 62.9 Å². The van der Waals surface area contributed by atoms with E-state index in [9.17, 15) is 8.42 Å². The van der Waals surface area contributed by atoms with Gasteiger partial charge in [-0.1, -0.05) is 12.1 Å². The molecule has 1 unspecified atom stereocenters. The highest BCUT2D eigenvalue weighted by Gasteiger charge is 2.30. The van der Waals surface area contributed by atoms with Crippen molar-refractivity contribution in [1.29, 1.82) is 5.26 Å². The second kappa shape index (κ2) is 6.97. The Hall–Kier alpha value is -1.46. The molecule has 1 aromatic rings. The third-order valence-corrected chi connectivity index (χ3v) is 6.47. The molecular weight excluding hydrogens is 312 g/mol. The fraction of sp³-hybridized carbons (Fsp3) is 0.562. The Morgan fingerprint density at radius 2 is 2.04 bits per heavy atom. The normalized spacial score (nSPS) is 23.7. The van der Waals surface area contributed by atoms with Crippen LogP contribution in [0.1, 0.15) is 17.5 Å². The van der Waals surface area contributed by atoms with Crippen LogP contribution in [0.3, 0.4) is 0 Å². The van der Waals surface area contributed by atoms with Gasteiger partial charge in [0.1, 0.15) is 0 Å². The van der Waals surface area contributed by atoms with Gasteiger partial charge in [-0.3, -0.25) is 4.90 Å². The van der Waals surface area contributed by atoms with Gasteiger partial charge in [-0.25, -0.2) is 8.42 Å². The third kappa shape index (κ3) is 3.90. The minimum Gasteiger partial charge on any atom is -0.315 e. The zero-order valence-corrected chi connectivity index (χ0v) is 13.9. The maximum absolute atomic E-state index is 12.6. The maximum Gasteiger partial charge on any atom is 0.218 e. The molecule has 2 heterocycles. The molecule has 0 saturated carbocycles. The first-order chi connectivity index (χ1) is 11.1. The Labute approximate surface area is 137 Å². The lowest BCUT2D eigenvalue weighted by atomic mass is 10.2. The molecule has 0 bridgehead atoms. The van der Waals surface area contributed by atoms with Crippen LogP contribution in [-0.2, 0) is 15.8 Å². The van der Waals surface area contributed by atoms with E-state index in [-0.39, 0.29) is 5.75 Å². The summed E-state index contributed by atoms with van der Waals surface area (Å²) in [6.45, 7) is 4.76. The van der Waals surface area contributed by atoms with Crippen molar-refractivity contribution in [2.75, 3.05) is 39.3 Å². The predicted octanol–water partition coefficient (Wildman–Crippen LogP) is 0.368. The highest BCUT2D eigenvalue weighted by Crippen LogP contribution is 2.17. The monoisotopic (exact) mass is 334 g/mol. The van der Waals surface area contributed by atoms with Gasteiger partial charge >= 0.3 is 0 Å². The highest BCUT2D eigenvalue weighted by atomic mass is 32.2. The van der Waals surface area contributed by atoms with Crippen molar-refractivity contribution in [2.45, 2.75) is 18.2 Å². The van der Waals surface area contributed by atoms with Gasteiger partial charge in [0.05, 0.1) is 17.4 Å². The van der Waals surface area contributed by atoms with Crippen molar-refractivity contribution in [2.24, 2.45) is 0 Å². The maximum atomic E-state index is 12.6. The Kier molecular flexibility index (Phi) is 4.97. The SMILES string of the molecule is N#Cc1cccc(CS(=O)(=O)N2CCN(C3CCNC3)CC2)c1. The van der Waals surface area contributed by atoms with E-state index in [1.165, 1.54) is 0 Å². The fourth-order valence-corrected chi connectivity index (χ4v) is 4.83. The van der Waals surface area contributed by atoms with E-state index in [1.807, 2.05) is 6.07 Å². The number of nitriles is 1. The number of piperazine rings is 1. The summed E-state index contributed by atoms with van der Waals surface area (Å²) in [6.07, 6.45) is 1.15. The molecule has 1 atom stereocenters. The van der Waals surface area contributed by atoms with Crippen LogP contribution in [0.2, 0.25) is 0 Å². The van der Waals surface area contributed by atoms with Gasteiger partial charge in [-0.15, -0.1) is 0 Å². The fourth-order valence-electron chi connectivity index (χ4n) is 3.33. The van der Waals surface area contributed by atoms with Crippen molar-refractivity contribution >= 4 is 10.0 Å². The van der Waals surface area contributed by atoms with Gasteiger partial charge in [0, 0.05) is 38.8 Å². The number of nitrogens with one attached hydrogen (secondary N) is 1. The van der Waals surface area contributed by atoms with E-state index in [1.54, 1.807) is 28.6 Å². The number of sulfonamides is 1. The van der Waals surface area contributed by atoms with Gasteiger partial charge in [0.25, 0.3) is 0 Å². The first-order valence-corrected chi connectivity index (χ1v) is 9.61. The van der Waals surface area contributed by atoms with Crippen LogP contribution >= 0.6 is 0 Å². The summed E-state index contributed by atoms with van der Waals surface area (Å²) in [5.74, 6) is -0.0342. The van der Waals surface area contributed by atoms with Crippen molar-refractivity contribution in [3.63, 3.8) is 0 Å². The van der Waals surface area contributed by atoms with Crippen LogP contribution < -0.4 is 5.32 Å². The van der Waals surface area contributed by atoms with Crippen molar-refractivity contribution in [1.82, 2.24) is 14.5 Å². The molecule has 0 aliphatic carbocycles. The first-order valence-electron chi connectivity index (χ1n) is 8.00. The first kappa shape index (κ1) is 16.4. The molecule has 23 heavy (non-hydrogen) atoms. The topological polar surface area (TPSA) is 76.4 Å². The van der Waals surface area contributed by atoms with Gasteiger partial charge in [-0.2, -0.15) is 9.57 Å². The summed E-state index contributed by atoms with van der Waals surface area (Å²) in [6, 6.07) is 9.43. The molecule has 0 radical (unpaired) electrons. The minimum atomic E-state index is -3.33. The lowest BCUT2D eigenvalue weighted by Gasteiger charge is -2.37. The third-order valence-electron chi connectivity index (χ3n) is 4.62. The summed E-state index contributed by atoms with van der Waals surface area (Å²) < 4.78 is 26.8. The molecule has 2 saturated heterocycles. The van der Waals surface area contributed by atoms with E-state index in [4.69, 9.17) is 5.26 Å². The average Bonchev–Trinajstić information content (AvgIpc) is 3.09. The molecular formula is C16H22N4O2S. The summed E-state index contributed by atoms with van der Waals surface area (Å²) >= 11 is 0. The standard InChI is InChI=1S/C16H22N4O2S/c17-11-14-2-1-3-15(10-14)13-23(21,22)20-8-6-19(7-9-20)16-4-5-18-12-16/h1-3,10,16,18H,4-9,12-13H2. The second-order valence-electron chi connectivity index (χ2n) is 6.15. The van der Waals surface area contributed by atoms with Gasteiger partial charge in [0.15, 0.2) is 0 Å². The molecule has 1 aromatic carbocycles. The Morgan fingerprint density at radius 1 is 1.26 bits per heavy atom. The van der Waals surface area contributed by atoms with Crippen LogP contribution in [0.5, 0.6) is 0 Å². The van der Waals surface area contributed by atoms with E-state index < -0.39 is 10.0 Å². The van der Waals surface area contributed by atoms with E-state index in [2.05, 4.69) is 10.2 Å². The lowest BCUT2D eigenvalue weighted by molar-refractivity contribution is 0.145. The van der Waals surface area contributed by atoms with E-state index in [0.717, 1.165) is 32.6 Å². The van der Waals surface area contributed by atoms with Crippen LogP contribution in [0, 0.1) is 11.3 Å². The van der Waals surface area contributed by atoms with Crippen LogP contribution in [0.25, 0.3) is 0 Å². The molecule has 124 valence electrons. The molecule has 2 aliphatic rings. The van der Waals surface area contributed by atoms with Crippen LogP contribution in [0.15, 0.2) is 24.3 Å². The quantitative estimate of drug-likeness (QED) is 0.861. The molecule has 7 heteroatoms. The lowest BCUT2D eigenvalue weighted by Crippen LogP contribution is -2.52. The zero-order valence-electron chi connectivity index (χ0n) is 13.1. The molecule has 1 N–H and O–H groups in total. The Balaban J connectivity index is 1.61. The molecule has 6 nitrogen and oxygen atoms in total. The molecule has 2 aliphatic heterocycles. The molecule has 0 aromatic heterocycles. The second-order valence-corrected chi connectivity index (χ2v) is 8.12. The summed E-state index contributed by atoms with van der Waals surface area (Å²) in [5, 5.41) is 12.3. The van der Waals surface area contributed by atoms with Crippen LogP contribution in [0.4, 0.5) is 0 Å². The predicted molar refractivity (Wildman–Crippen MR) is 88.2 cm³/mol. The van der Waals surface area contributed by atoms with Crippen molar-refractivity contribution < 1.29 is 8.42 Å². The Morgan fingerprint density at radius 3 is 2.70 bits per heavy atom. The smallest absolute Gasteiger partial charge is 0.218 e. The van der Waals surface area contributed by atoms with E-state index in [0.29, 0.717) is 30.3 Å². The summed E-state index contributed by atoms with van der Waals surface area (Å²) in [5.41, 5.74) is 1.17. The number of rotatable bonds is 4. The largest absolute Gasteiger partial charge is 0.315 e. The van der Waals surface area contributed by atoms with Gasteiger partial charge in [-0.05, 0) is 30.7 Å². The number of hydrogen-bond acceptors (Lipinski definition) is 5. The molecule has 3 rings (SSSR count). The molecule has 0 spiro atoms. The minimum absolute atomic E-state index is 0.0342. The average molecular weight is 334 g/mol. The molecule has 0 amide bonds. The number of benzene rings is 1. The van der Waals surface area contributed by atoms with Gasteiger partial charge < -0.3 is 5.32 Å².